The Kier molecular flexibility index (Phi) is 6.85. The van der Waals surface area contributed by atoms with E-state index in [1.807, 2.05) is 49.1 Å². The molecule has 7 heteroatoms. The van der Waals surface area contributed by atoms with Crippen LogP contribution in [0.2, 0.25) is 0 Å². The van der Waals surface area contributed by atoms with Gasteiger partial charge in [-0.1, -0.05) is 42.5 Å². The molecule has 4 rings (SSSR count). The van der Waals surface area contributed by atoms with Crippen molar-refractivity contribution < 1.29 is 13.9 Å². The third-order valence-corrected chi connectivity index (χ3v) is 5.70. The molecule has 0 radical (unpaired) electrons. The van der Waals surface area contributed by atoms with Crippen LogP contribution in [0.25, 0.3) is 5.70 Å². The number of nitrogens with zero attached hydrogens (tertiary/aromatic N) is 3. The van der Waals surface area contributed by atoms with E-state index in [2.05, 4.69) is 10.2 Å². The zero-order chi connectivity index (χ0) is 22.5. The third-order valence-electron chi connectivity index (χ3n) is 5.70. The van der Waals surface area contributed by atoms with Crippen molar-refractivity contribution >= 4 is 17.6 Å². The molecule has 168 valence electrons. The maximum absolute atomic E-state index is 14.8. The number of nitrogens with one attached hydrogen (secondary N) is 1. The van der Waals surface area contributed by atoms with Crippen molar-refractivity contribution in [3.05, 3.63) is 77.1 Å². The number of carbonyl (C=O) groups excluding carboxylic acids is 1. The van der Waals surface area contributed by atoms with E-state index >= 15 is 0 Å². The van der Waals surface area contributed by atoms with Gasteiger partial charge in [0.1, 0.15) is 5.82 Å². The van der Waals surface area contributed by atoms with Gasteiger partial charge in [0.25, 0.3) is 5.91 Å². The lowest BCUT2D eigenvalue weighted by molar-refractivity contribution is -0.129. The van der Waals surface area contributed by atoms with E-state index in [1.54, 1.807) is 18.2 Å². The smallest absolute Gasteiger partial charge is 0.254 e. The number of halogens is 1. The molecule has 0 unspecified atom stereocenters. The van der Waals surface area contributed by atoms with Gasteiger partial charge in [0.2, 0.25) is 0 Å². The number of carbonyl (C=O) groups is 1. The van der Waals surface area contributed by atoms with E-state index in [9.17, 15) is 9.18 Å². The van der Waals surface area contributed by atoms with E-state index in [1.165, 1.54) is 6.07 Å². The molecule has 0 spiro atoms. The summed E-state index contributed by atoms with van der Waals surface area (Å²) in [6.07, 6.45) is 0. The number of ether oxygens (including phenoxy) is 1. The first-order chi connectivity index (χ1) is 15.5. The van der Waals surface area contributed by atoms with Crippen molar-refractivity contribution in [1.29, 1.82) is 0 Å². The van der Waals surface area contributed by atoms with E-state index in [0.717, 1.165) is 5.56 Å². The van der Waals surface area contributed by atoms with Crippen LogP contribution in [-0.4, -0.2) is 60.6 Å². The normalized spacial score (nSPS) is 16.6. The first-order valence-corrected chi connectivity index (χ1v) is 11.0. The van der Waals surface area contributed by atoms with E-state index in [-0.39, 0.29) is 24.3 Å². The van der Waals surface area contributed by atoms with Gasteiger partial charge in [-0.3, -0.25) is 4.79 Å². The summed E-state index contributed by atoms with van der Waals surface area (Å²) < 4.78 is 20.2. The molecular weight excluding hydrogens is 407 g/mol. The fraction of sp³-hybridized carbons (Fsp3) is 0.360. The molecule has 2 aliphatic heterocycles. The van der Waals surface area contributed by atoms with Crippen LogP contribution in [-0.2, 0) is 16.1 Å². The summed E-state index contributed by atoms with van der Waals surface area (Å²) in [6.45, 7) is 7.37. The third kappa shape index (κ3) is 4.83. The summed E-state index contributed by atoms with van der Waals surface area (Å²) in [5, 5.41) is 3.29. The summed E-state index contributed by atoms with van der Waals surface area (Å²) in [7, 11) is 0. The van der Waals surface area contributed by atoms with Crippen LogP contribution in [0.1, 0.15) is 25.0 Å². The van der Waals surface area contributed by atoms with E-state index < -0.39 is 0 Å². The maximum Gasteiger partial charge on any atom is 0.254 e. The molecule has 2 aliphatic rings. The molecule has 0 aromatic heterocycles. The summed E-state index contributed by atoms with van der Waals surface area (Å²) >= 11 is 0. The molecule has 0 aliphatic carbocycles. The molecule has 32 heavy (non-hydrogen) atoms. The SMILES string of the molecule is CC(C)N(Cc1ccccc1)C(=O)C1=C(c2ccccc2F)N=C(N2CCOCC2)NC1. The Morgan fingerprint density at radius 1 is 1.12 bits per heavy atom. The van der Waals surface area contributed by atoms with Gasteiger partial charge in [-0.15, -0.1) is 0 Å². The van der Waals surface area contributed by atoms with Gasteiger partial charge in [0.05, 0.1) is 31.0 Å². The Hall–Kier alpha value is -3.19. The fourth-order valence-corrected chi connectivity index (χ4v) is 3.92. The number of hydrogen-bond acceptors (Lipinski definition) is 5. The summed E-state index contributed by atoms with van der Waals surface area (Å²) in [6, 6.07) is 16.4. The largest absolute Gasteiger partial charge is 0.378 e. The predicted molar refractivity (Wildman–Crippen MR) is 123 cm³/mol. The number of aliphatic imine (C=N–C) groups is 1. The van der Waals surface area contributed by atoms with Crippen molar-refractivity contribution in [2.45, 2.75) is 26.4 Å². The van der Waals surface area contributed by atoms with Crippen LogP contribution in [0.15, 0.2) is 65.2 Å². The number of rotatable bonds is 5. The van der Waals surface area contributed by atoms with Crippen molar-refractivity contribution in [1.82, 2.24) is 15.1 Å². The van der Waals surface area contributed by atoms with Gasteiger partial charge in [-0.05, 0) is 31.5 Å². The second-order valence-corrected chi connectivity index (χ2v) is 8.21. The van der Waals surface area contributed by atoms with E-state index in [4.69, 9.17) is 9.73 Å². The topological polar surface area (TPSA) is 57.2 Å². The Labute approximate surface area is 188 Å². The lowest BCUT2D eigenvalue weighted by Crippen LogP contribution is -2.50. The van der Waals surface area contributed by atoms with E-state index in [0.29, 0.717) is 55.6 Å². The quantitative estimate of drug-likeness (QED) is 0.782. The van der Waals surface area contributed by atoms with Crippen molar-refractivity contribution in [3.63, 3.8) is 0 Å². The van der Waals surface area contributed by atoms with Crippen molar-refractivity contribution in [2.75, 3.05) is 32.8 Å². The highest BCUT2D eigenvalue weighted by Crippen LogP contribution is 2.28. The first kappa shape index (κ1) is 22.0. The Bertz CT molecular complexity index is 1010. The molecular formula is C25H29FN4O2. The van der Waals surface area contributed by atoms with Crippen LogP contribution in [0, 0.1) is 5.82 Å². The van der Waals surface area contributed by atoms with Gasteiger partial charge < -0.3 is 19.9 Å². The first-order valence-electron chi connectivity index (χ1n) is 11.0. The monoisotopic (exact) mass is 436 g/mol. The fourth-order valence-electron chi connectivity index (χ4n) is 3.92. The van der Waals surface area contributed by atoms with Crippen LogP contribution in [0.4, 0.5) is 4.39 Å². The number of benzene rings is 2. The molecule has 0 bridgehead atoms. The number of amides is 1. The highest BCUT2D eigenvalue weighted by molar-refractivity contribution is 6.05. The average Bonchev–Trinajstić information content (AvgIpc) is 2.83. The highest BCUT2D eigenvalue weighted by atomic mass is 19.1. The van der Waals surface area contributed by atoms with Gasteiger partial charge in [-0.2, -0.15) is 0 Å². The number of guanidine groups is 1. The maximum atomic E-state index is 14.8. The minimum atomic E-state index is -0.390. The molecule has 2 aromatic rings. The average molecular weight is 437 g/mol. The van der Waals surface area contributed by atoms with Crippen molar-refractivity contribution in [3.8, 4) is 0 Å². The van der Waals surface area contributed by atoms with Gasteiger partial charge in [-0.25, -0.2) is 9.38 Å². The second-order valence-electron chi connectivity index (χ2n) is 8.21. The predicted octanol–water partition coefficient (Wildman–Crippen LogP) is 3.27. The molecule has 2 heterocycles. The van der Waals surface area contributed by atoms with Crippen molar-refractivity contribution in [2.24, 2.45) is 4.99 Å². The zero-order valence-electron chi connectivity index (χ0n) is 18.6. The van der Waals surface area contributed by atoms with Gasteiger partial charge in [0.15, 0.2) is 5.96 Å². The van der Waals surface area contributed by atoms with Crippen LogP contribution in [0.3, 0.4) is 0 Å². The lowest BCUT2D eigenvalue weighted by atomic mass is 10.0. The Morgan fingerprint density at radius 3 is 2.50 bits per heavy atom. The molecule has 2 aromatic carbocycles. The summed E-state index contributed by atoms with van der Waals surface area (Å²) in [5.74, 6) is 0.126. The van der Waals surface area contributed by atoms with Gasteiger partial charge in [0, 0.05) is 31.2 Å². The Morgan fingerprint density at radius 2 is 1.81 bits per heavy atom. The molecule has 1 fully saturated rings. The summed E-state index contributed by atoms with van der Waals surface area (Å²) in [5.41, 5.74) is 2.25. The number of hydrogen-bond donors (Lipinski definition) is 1. The second kappa shape index (κ2) is 9.96. The lowest BCUT2D eigenvalue weighted by Gasteiger charge is -2.34. The standard InChI is InChI=1S/C25H29FN4O2/c1-18(2)30(17-19-8-4-3-5-9-19)24(31)21-16-27-25(29-12-14-32-15-13-29)28-23(21)20-10-6-7-11-22(20)26/h3-11,18H,12-17H2,1-2H3,(H,27,28). The Balaban J connectivity index is 1.74. The molecule has 0 atom stereocenters. The van der Waals surface area contributed by atoms with Gasteiger partial charge >= 0.3 is 0 Å². The molecule has 0 saturated carbocycles. The van der Waals surface area contributed by atoms with Crippen LogP contribution >= 0.6 is 0 Å². The zero-order valence-corrected chi connectivity index (χ0v) is 18.6. The number of morpholine rings is 1. The molecule has 1 saturated heterocycles. The van der Waals surface area contributed by atoms with Crippen LogP contribution in [0.5, 0.6) is 0 Å². The highest BCUT2D eigenvalue weighted by Gasteiger charge is 2.30. The minimum Gasteiger partial charge on any atom is -0.378 e. The molecule has 6 nitrogen and oxygen atoms in total. The van der Waals surface area contributed by atoms with Crippen LogP contribution < -0.4 is 5.32 Å². The summed E-state index contributed by atoms with van der Waals surface area (Å²) in [4.78, 5) is 22.4. The molecule has 1 amide bonds. The molecule has 1 N–H and O–H groups in total. The minimum absolute atomic E-state index is 0.0262.